The van der Waals surface area contributed by atoms with Crippen molar-refractivity contribution in [2.24, 2.45) is 7.05 Å². The zero-order chi connectivity index (χ0) is 19.1. The Hall–Kier alpha value is -2.83. The summed E-state index contributed by atoms with van der Waals surface area (Å²) in [6, 6.07) is 14.9. The number of halogens is 2. The molecule has 0 aliphatic heterocycles. The Morgan fingerprint density at radius 1 is 1.04 bits per heavy atom. The second-order valence-corrected chi connectivity index (χ2v) is 6.90. The van der Waals surface area contributed by atoms with Crippen molar-refractivity contribution in [3.8, 4) is 11.3 Å². The summed E-state index contributed by atoms with van der Waals surface area (Å²) in [5.74, 6) is 0. The highest BCUT2D eigenvalue weighted by molar-refractivity contribution is 6.43. The highest BCUT2D eigenvalue weighted by atomic mass is 35.5. The summed E-state index contributed by atoms with van der Waals surface area (Å²) in [5, 5.41) is 5.45. The minimum atomic E-state index is -0.527. The van der Waals surface area contributed by atoms with Crippen LogP contribution in [0.25, 0.3) is 22.3 Å². The molecule has 4 aromatic rings. The molecule has 27 heavy (non-hydrogen) atoms. The molecule has 136 valence electrons. The topological polar surface area (TPSA) is 72.7 Å². The van der Waals surface area contributed by atoms with E-state index < -0.39 is 11.2 Å². The fraction of sp³-hybridized carbons (Fsp3) is 0.105. The Morgan fingerprint density at radius 2 is 1.78 bits per heavy atom. The zero-order valence-corrected chi connectivity index (χ0v) is 15.8. The Kier molecular flexibility index (Phi) is 4.37. The first-order valence-corrected chi connectivity index (χ1v) is 8.91. The van der Waals surface area contributed by atoms with Gasteiger partial charge in [-0.2, -0.15) is 5.10 Å². The number of aromatic nitrogens is 4. The van der Waals surface area contributed by atoms with Crippen LogP contribution in [0.2, 0.25) is 10.0 Å². The lowest BCUT2D eigenvalue weighted by atomic mass is 10.1. The highest BCUT2D eigenvalue weighted by Gasteiger charge is 2.21. The number of H-pyrrole nitrogens is 1. The third kappa shape index (κ3) is 2.97. The largest absolute Gasteiger partial charge is 0.329 e. The van der Waals surface area contributed by atoms with Crippen molar-refractivity contribution in [1.82, 2.24) is 19.3 Å². The number of rotatable bonds is 3. The number of aromatic amines is 1. The van der Waals surface area contributed by atoms with Gasteiger partial charge in [0.2, 0.25) is 0 Å². The number of nitrogens with one attached hydrogen (secondary N) is 1. The van der Waals surface area contributed by atoms with Gasteiger partial charge in [-0.3, -0.25) is 19.0 Å². The van der Waals surface area contributed by atoms with Crippen LogP contribution in [-0.4, -0.2) is 19.3 Å². The summed E-state index contributed by atoms with van der Waals surface area (Å²) in [7, 11) is 1.42. The minimum Gasteiger partial charge on any atom is -0.290 e. The Balaban J connectivity index is 2.08. The zero-order valence-electron chi connectivity index (χ0n) is 14.2. The predicted molar refractivity (Wildman–Crippen MR) is 107 cm³/mol. The van der Waals surface area contributed by atoms with Gasteiger partial charge in [0.1, 0.15) is 5.39 Å². The lowest BCUT2D eigenvalue weighted by Crippen LogP contribution is -2.32. The van der Waals surface area contributed by atoms with E-state index in [2.05, 4.69) is 10.1 Å². The summed E-state index contributed by atoms with van der Waals surface area (Å²) in [6.07, 6.45) is 0. The van der Waals surface area contributed by atoms with Gasteiger partial charge < -0.3 is 0 Å². The maximum Gasteiger partial charge on any atom is 0.329 e. The summed E-state index contributed by atoms with van der Waals surface area (Å²) in [6.45, 7) is 0.402. The first-order chi connectivity index (χ1) is 13.0. The fourth-order valence-corrected chi connectivity index (χ4v) is 3.42. The van der Waals surface area contributed by atoms with Crippen LogP contribution in [0.3, 0.4) is 0 Å². The van der Waals surface area contributed by atoms with Crippen LogP contribution in [0.1, 0.15) is 5.56 Å². The van der Waals surface area contributed by atoms with Crippen molar-refractivity contribution in [2.75, 3.05) is 0 Å². The van der Waals surface area contributed by atoms with Gasteiger partial charge in [-0.05, 0) is 11.6 Å². The second kappa shape index (κ2) is 6.72. The van der Waals surface area contributed by atoms with Crippen LogP contribution in [0.15, 0.2) is 58.1 Å². The van der Waals surface area contributed by atoms with Gasteiger partial charge in [-0.15, -0.1) is 0 Å². The van der Waals surface area contributed by atoms with Gasteiger partial charge in [0.05, 0.1) is 22.3 Å². The molecule has 0 aliphatic rings. The predicted octanol–water partition coefficient (Wildman–Crippen LogP) is 3.45. The molecule has 2 heterocycles. The smallest absolute Gasteiger partial charge is 0.290 e. The van der Waals surface area contributed by atoms with Gasteiger partial charge >= 0.3 is 5.69 Å². The van der Waals surface area contributed by atoms with E-state index in [1.54, 1.807) is 22.9 Å². The normalized spacial score (nSPS) is 11.2. The van der Waals surface area contributed by atoms with E-state index in [-0.39, 0.29) is 11.0 Å². The van der Waals surface area contributed by atoms with Gasteiger partial charge in [0.15, 0.2) is 5.65 Å². The van der Waals surface area contributed by atoms with Crippen LogP contribution in [0.5, 0.6) is 0 Å². The molecular formula is C19H14Cl2N4O2. The second-order valence-electron chi connectivity index (χ2n) is 6.11. The number of fused-ring (bicyclic) bond motifs is 1. The molecule has 8 heteroatoms. The molecule has 0 aliphatic carbocycles. The highest BCUT2D eigenvalue weighted by Crippen LogP contribution is 2.36. The van der Waals surface area contributed by atoms with Crippen LogP contribution in [0.4, 0.5) is 0 Å². The molecule has 4 rings (SSSR count). The van der Waals surface area contributed by atoms with E-state index in [9.17, 15) is 9.59 Å². The van der Waals surface area contributed by atoms with Crippen LogP contribution in [0, 0.1) is 0 Å². The van der Waals surface area contributed by atoms with E-state index in [1.165, 1.54) is 7.05 Å². The van der Waals surface area contributed by atoms with Crippen LogP contribution >= 0.6 is 23.2 Å². The molecule has 0 atom stereocenters. The average Bonchev–Trinajstić information content (AvgIpc) is 3.00. The van der Waals surface area contributed by atoms with E-state index in [0.29, 0.717) is 27.8 Å². The minimum absolute atomic E-state index is 0.213. The Labute approximate surface area is 163 Å². The Morgan fingerprint density at radius 3 is 2.52 bits per heavy atom. The van der Waals surface area contributed by atoms with Crippen molar-refractivity contribution in [3.05, 3.63) is 85.0 Å². The molecule has 0 fully saturated rings. The molecule has 6 nitrogen and oxygen atoms in total. The quantitative estimate of drug-likeness (QED) is 0.572. The van der Waals surface area contributed by atoms with Crippen molar-refractivity contribution in [3.63, 3.8) is 0 Å². The summed E-state index contributed by atoms with van der Waals surface area (Å²) in [4.78, 5) is 27.5. The maximum absolute atomic E-state index is 12.8. The van der Waals surface area contributed by atoms with Crippen LogP contribution < -0.4 is 11.2 Å². The monoisotopic (exact) mass is 400 g/mol. The van der Waals surface area contributed by atoms with E-state index in [4.69, 9.17) is 23.2 Å². The van der Waals surface area contributed by atoms with Crippen molar-refractivity contribution < 1.29 is 0 Å². The molecule has 2 aromatic carbocycles. The van der Waals surface area contributed by atoms with E-state index in [0.717, 1.165) is 10.1 Å². The lowest BCUT2D eigenvalue weighted by molar-refractivity contribution is 0.699. The first kappa shape index (κ1) is 17.6. The maximum atomic E-state index is 12.8. The van der Waals surface area contributed by atoms with Crippen molar-refractivity contribution in [2.45, 2.75) is 6.54 Å². The molecule has 2 aromatic heterocycles. The lowest BCUT2D eigenvalue weighted by Gasteiger charge is -2.10. The summed E-state index contributed by atoms with van der Waals surface area (Å²) in [5.41, 5.74) is 1.32. The van der Waals surface area contributed by atoms with Crippen molar-refractivity contribution in [1.29, 1.82) is 0 Å². The van der Waals surface area contributed by atoms with Gasteiger partial charge in [0.25, 0.3) is 5.56 Å². The molecule has 0 unspecified atom stereocenters. The van der Waals surface area contributed by atoms with Crippen molar-refractivity contribution >= 4 is 34.2 Å². The molecule has 0 radical (unpaired) electrons. The van der Waals surface area contributed by atoms with Gasteiger partial charge in [-0.25, -0.2) is 4.79 Å². The molecular weight excluding hydrogens is 387 g/mol. The summed E-state index contributed by atoms with van der Waals surface area (Å²) < 4.78 is 2.67. The standard InChI is InChI=1S/C19H14Cl2N4O2/c1-24-18(26)14-16(12-8-5-9-13(20)15(12)21)25(23-17(14)22-19(24)27)10-11-6-3-2-4-7-11/h2-9H,10H2,1H3,(H,22,23,27). The molecule has 0 saturated carbocycles. The fourth-order valence-electron chi connectivity index (χ4n) is 3.03. The van der Waals surface area contributed by atoms with E-state index in [1.807, 2.05) is 30.3 Å². The Bertz CT molecular complexity index is 1270. The van der Waals surface area contributed by atoms with Gasteiger partial charge in [0, 0.05) is 12.6 Å². The number of hydrogen-bond acceptors (Lipinski definition) is 3. The number of nitrogens with zero attached hydrogens (tertiary/aromatic N) is 3. The molecule has 0 saturated heterocycles. The van der Waals surface area contributed by atoms with Crippen LogP contribution in [-0.2, 0) is 13.6 Å². The molecule has 0 amide bonds. The molecule has 0 bridgehead atoms. The molecule has 0 spiro atoms. The SMILES string of the molecule is Cn1c(=O)[nH]c2nn(Cc3ccccc3)c(-c3cccc(Cl)c3Cl)c2c1=O. The van der Waals surface area contributed by atoms with Gasteiger partial charge in [-0.1, -0.05) is 65.7 Å². The molecule has 1 N–H and O–H groups in total. The summed E-state index contributed by atoms with van der Waals surface area (Å²) >= 11 is 12.6. The van der Waals surface area contributed by atoms with E-state index >= 15 is 0 Å². The first-order valence-electron chi connectivity index (χ1n) is 8.15. The number of benzene rings is 2. The third-order valence-corrected chi connectivity index (χ3v) is 5.20. The number of hydrogen-bond donors (Lipinski definition) is 1. The average molecular weight is 401 g/mol. The third-order valence-electron chi connectivity index (χ3n) is 4.38.